The van der Waals surface area contributed by atoms with Crippen LogP contribution < -0.4 is 48.6 Å². The zero-order chi connectivity index (χ0) is 49.4. The van der Waals surface area contributed by atoms with Crippen molar-refractivity contribution < 1.29 is 57.3 Å². The van der Waals surface area contributed by atoms with Crippen LogP contribution in [0.1, 0.15) is 53.4 Å². The van der Waals surface area contributed by atoms with Gasteiger partial charge in [0, 0.05) is 24.3 Å². The summed E-state index contributed by atoms with van der Waals surface area (Å²) in [6.45, 7) is 5.99. The number of amides is 4. The predicted octanol–water partition coefficient (Wildman–Crippen LogP) is 1.48. The Morgan fingerprint density at radius 3 is 1.12 bits per heavy atom. The lowest BCUT2D eigenvalue weighted by Crippen LogP contribution is -2.50. The van der Waals surface area contributed by atoms with Crippen LogP contribution in [0.4, 0.5) is 0 Å². The molecule has 21 heteroatoms. The number of benzene rings is 3. The maximum absolute atomic E-state index is 12.9. The molecule has 3 aromatic carbocycles. The highest BCUT2D eigenvalue weighted by Gasteiger charge is 2.26. The molecule has 0 saturated carbocycles. The molecule has 0 bridgehead atoms. The minimum Gasteiger partial charge on any atom is -0.465 e. The van der Waals surface area contributed by atoms with Crippen LogP contribution in [0.5, 0.6) is 0 Å². The highest BCUT2D eigenvalue weighted by atomic mass is 33.1. The molecule has 0 aromatic heterocycles. The van der Waals surface area contributed by atoms with Crippen LogP contribution in [-0.4, -0.2) is 123 Å². The number of hydrogen-bond acceptors (Lipinski definition) is 16. The van der Waals surface area contributed by atoms with Gasteiger partial charge in [0.25, 0.3) is 0 Å². The zero-order valence-electron chi connectivity index (χ0n) is 38.3. The van der Waals surface area contributed by atoms with E-state index in [1.165, 1.54) is 15.9 Å². The summed E-state index contributed by atoms with van der Waals surface area (Å²) in [5.74, 6) is -5.40. The molecule has 366 valence electrons. The first-order valence-electron chi connectivity index (χ1n) is 21.7. The number of rotatable bonds is 28. The summed E-state index contributed by atoms with van der Waals surface area (Å²) in [6.07, 6.45) is -0.491. The molecule has 4 atom stereocenters. The summed E-state index contributed by atoms with van der Waals surface area (Å²) in [7, 11) is 1.69. The molecule has 67 heavy (non-hydrogen) atoms. The van der Waals surface area contributed by atoms with E-state index < -0.39 is 92.7 Å². The topological polar surface area (TPSA) is 274 Å². The Bertz CT molecular complexity index is 1820. The van der Waals surface area contributed by atoms with Crippen molar-refractivity contribution in [3.8, 4) is 0 Å². The third kappa shape index (κ3) is 23.7. The molecule has 0 aliphatic carbocycles. The van der Waals surface area contributed by atoms with E-state index in [1.54, 1.807) is 27.7 Å². The van der Waals surface area contributed by atoms with E-state index in [-0.39, 0.29) is 63.6 Å². The largest absolute Gasteiger partial charge is 0.465 e. The fourth-order valence-electron chi connectivity index (χ4n) is 5.61. The predicted molar refractivity (Wildman–Crippen MR) is 261 cm³/mol. The standard InChI is InChI=1S/C28H48N6O12S2.C18H15P/c1-5-43-23(37)13-31-25(39)19(33-21(35)11-9-17(29)27(41)45-7-3)15-47-48-16-20(26(40)32-14-24(38)44-6-2)34-22(36)12-10-18(30)28(42)46-8-4;1-4-10-16(11-5-1)19(17-12-6-2-7-13-17)18-14-8-3-9-15-18/h17-20H,5-16,29-30H2,1-4H3,(H,31,39)(H,32,40)(H,33,35)(H,34,36);1-15H. The Kier molecular flexibility index (Phi) is 29.1. The monoisotopic (exact) mass is 986 g/mol. The van der Waals surface area contributed by atoms with Gasteiger partial charge in [-0.15, -0.1) is 0 Å². The SMILES string of the molecule is CCOC(=O)CNC(=O)C(CSSCC(NC(=O)CCC(N)C(=O)OCC)C(=O)NCC(=O)OCC)NC(=O)CCC(N)C(=O)OCC.c1ccc(P(c2ccccc2)c2ccccc2)cc1. The van der Waals surface area contributed by atoms with E-state index in [0.717, 1.165) is 21.6 Å². The third-order valence-electron chi connectivity index (χ3n) is 8.87. The van der Waals surface area contributed by atoms with Crippen LogP contribution in [0.3, 0.4) is 0 Å². The van der Waals surface area contributed by atoms with E-state index in [9.17, 15) is 38.4 Å². The van der Waals surface area contributed by atoms with E-state index in [1.807, 2.05) is 0 Å². The number of nitrogens with two attached hydrogens (primary N) is 2. The summed E-state index contributed by atoms with van der Waals surface area (Å²) in [5, 5.41) is 14.0. The van der Waals surface area contributed by atoms with Crippen LogP contribution in [0.25, 0.3) is 0 Å². The van der Waals surface area contributed by atoms with Crippen molar-refractivity contribution in [3.05, 3.63) is 91.0 Å². The number of ether oxygens (including phenoxy) is 4. The van der Waals surface area contributed by atoms with E-state index >= 15 is 0 Å². The minimum absolute atomic E-state index is 0.0449. The number of hydrogen-bond donors (Lipinski definition) is 6. The molecule has 0 fully saturated rings. The molecule has 0 heterocycles. The molecule has 0 aliphatic rings. The molecule has 4 unspecified atom stereocenters. The second-order valence-corrected chi connectivity index (χ2v) is 18.8. The second kappa shape index (κ2) is 33.9. The molecule has 18 nitrogen and oxygen atoms in total. The van der Waals surface area contributed by atoms with Crippen molar-refractivity contribution in [3.63, 3.8) is 0 Å². The number of carbonyl (C=O) groups excluding carboxylic acids is 8. The van der Waals surface area contributed by atoms with Crippen LogP contribution in [0, 0.1) is 0 Å². The van der Waals surface area contributed by atoms with Crippen LogP contribution in [0.15, 0.2) is 91.0 Å². The molecule has 0 aliphatic heterocycles. The van der Waals surface area contributed by atoms with Crippen molar-refractivity contribution in [1.29, 1.82) is 0 Å². The maximum atomic E-state index is 12.9. The van der Waals surface area contributed by atoms with Gasteiger partial charge in [-0.05, 0) is 64.4 Å². The molecular weight excluding hydrogens is 924 g/mol. The molecule has 0 saturated heterocycles. The fourth-order valence-corrected chi connectivity index (χ4v) is 10.2. The molecule has 0 radical (unpaired) electrons. The molecular formula is C46H63N6O12PS2. The van der Waals surface area contributed by atoms with Gasteiger partial charge >= 0.3 is 23.9 Å². The van der Waals surface area contributed by atoms with Gasteiger partial charge in [0.05, 0.1) is 26.4 Å². The number of carbonyl (C=O) groups is 8. The van der Waals surface area contributed by atoms with Gasteiger partial charge in [0.1, 0.15) is 37.3 Å². The lowest BCUT2D eigenvalue weighted by atomic mass is 10.1. The Morgan fingerprint density at radius 1 is 0.507 bits per heavy atom. The van der Waals surface area contributed by atoms with E-state index in [0.29, 0.717) is 0 Å². The first kappa shape index (κ1) is 57.6. The average molecular weight is 987 g/mol. The highest BCUT2D eigenvalue weighted by molar-refractivity contribution is 8.76. The third-order valence-corrected chi connectivity index (χ3v) is 13.7. The average Bonchev–Trinajstić information content (AvgIpc) is 3.33. The van der Waals surface area contributed by atoms with Gasteiger partial charge in [-0.3, -0.25) is 38.4 Å². The Labute approximate surface area is 401 Å². The maximum Gasteiger partial charge on any atom is 0.325 e. The van der Waals surface area contributed by atoms with E-state index in [4.69, 9.17) is 30.4 Å². The summed E-state index contributed by atoms with van der Waals surface area (Å²) >= 11 is 0. The lowest BCUT2D eigenvalue weighted by molar-refractivity contribution is -0.146. The van der Waals surface area contributed by atoms with Crippen LogP contribution in [0.2, 0.25) is 0 Å². The van der Waals surface area contributed by atoms with Gasteiger partial charge < -0.3 is 51.7 Å². The Hall–Kier alpha value is -5.53. The number of esters is 4. The minimum atomic E-state index is -1.15. The summed E-state index contributed by atoms with van der Waals surface area (Å²) in [6, 6.07) is 27.9. The first-order valence-corrected chi connectivity index (χ1v) is 25.6. The van der Waals surface area contributed by atoms with Gasteiger partial charge in [0.15, 0.2) is 0 Å². The summed E-state index contributed by atoms with van der Waals surface area (Å²) < 4.78 is 19.2. The normalized spacial score (nSPS) is 12.3. The summed E-state index contributed by atoms with van der Waals surface area (Å²) in [5.41, 5.74) is 11.5. The summed E-state index contributed by atoms with van der Waals surface area (Å²) in [4.78, 5) is 97.9. The number of nitrogens with one attached hydrogen (secondary N) is 4. The highest BCUT2D eigenvalue weighted by Crippen LogP contribution is 2.32. The van der Waals surface area contributed by atoms with Crippen LogP contribution in [-0.2, 0) is 57.3 Å². The van der Waals surface area contributed by atoms with Crippen molar-refractivity contribution in [1.82, 2.24) is 21.3 Å². The van der Waals surface area contributed by atoms with Crippen molar-refractivity contribution in [2.75, 3.05) is 51.0 Å². The first-order chi connectivity index (χ1) is 32.2. The molecule has 3 aromatic rings. The Morgan fingerprint density at radius 2 is 0.821 bits per heavy atom. The molecule has 3 rings (SSSR count). The quantitative estimate of drug-likeness (QED) is 0.0198. The van der Waals surface area contributed by atoms with Crippen molar-refractivity contribution >= 4 is 92.9 Å². The second-order valence-electron chi connectivity index (χ2n) is 14.0. The van der Waals surface area contributed by atoms with Gasteiger partial charge in [0.2, 0.25) is 23.6 Å². The van der Waals surface area contributed by atoms with Gasteiger partial charge in [-0.25, -0.2) is 0 Å². The van der Waals surface area contributed by atoms with Crippen molar-refractivity contribution in [2.45, 2.75) is 77.5 Å². The van der Waals surface area contributed by atoms with Crippen molar-refractivity contribution in [2.24, 2.45) is 11.5 Å². The zero-order valence-corrected chi connectivity index (χ0v) is 40.8. The van der Waals surface area contributed by atoms with Crippen LogP contribution >= 0.6 is 29.5 Å². The smallest absolute Gasteiger partial charge is 0.325 e. The van der Waals surface area contributed by atoms with Gasteiger partial charge in [-0.2, -0.15) is 0 Å². The van der Waals surface area contributed by atoms with Gasteiger partial charge in [-0.1, -0.05) is 113 Å². The Balaban J connectivity index is 0.000000660. The molecule has 8 N–H and O–H groups in total. The molecule has 0 spiro atoms. The molecule has 4 amide bonds. The lowest BCUT2D eigenvalue weighted by Gasteiger charge is -2.20. The fraction of sp³-hybridized carbons (Fsp3) is 0.435. The van der Waals surface area contributed by atoms with E-state index in [2.05, 4.69) is 112 Å².